The molecule has 1 aromatic carbocycles. The van der Waals surface area contributed by atoms with Crippen molar-refractivity contribution in [3.05, 3.63) is 34.6 Å². The van der Waals surface area contributed by atoms with Gasteiger partial charge in [-0.05, 0) is 30.2 Å². The van der Waals surface area contributed by atoms with Crippen LogP contribution in [0.3, 0.4) is 0 Å². The van der Waals surface area contributed by atoms with Crippen molar-refractivity contribution >= 4 is 11.6 Å². The average Bonchev–Trinajstić information content (AvgIpc) is 2.32. The van der Waals surface area contributed by atoms with Gasteiger partial charge in [0.25, 0.3) is 0 Å². The molecule has 0 amide bonds. The fourth-order valence-corrected chi connectivity index (χ4v) is 1.58. The molecule has 0 aliphatic carbocycles. The van der Waals surface area contributed by atoms with Crippen LogP contribution in [0.5, 0.6) is 0 Å². The van der Waals surface area contributed by atoms with Gasteiger partial charge in [-0.1, -0.05) is 24.9 Å². The van der Waals surface area contributed by atoms with Crippen molar-refractivity contribution in [3.63, 3.8) is 0 Å². The summed E-state index contributed by atoms with van der Waals surface area (Å²) in [5.41, 5.74) is 0.778. The predicted molar refractivity (Wildman–Crippen MR) is 68.8 cm³/mol. The number of unbranched alkanes of at least 4 members (excludes halogenated alkanes) is 1. The third-order valence-corrected chi connectivity index (χ3v) is 2.76. The predicted octanol–water partition coefficient (Wildman–Crippen LogP) is 3.39. The van der Waals surface area contributed by atoms with Gasteiger partial charge in [-0.3, -0.25) is 0 Å². The van der Waals surface area contributed by atoms with Crippen molar-refractivity contribution in [1.29, 1.82) is 0 Å². The Morgan fingerprint density at radius 3 is 2.94 bits per heavy atom. The maximum Gasteiger partial charge on any atom is 0.123 e. The molecule has 1 rings (SSSR count). The van der Waals surface area contributed by atoms with E-state index in [9.17, 15) is 4.39 Å². The molecule has 17 heavy (non-hydrogen) atoms. The van der Waals surface area contributed by atoms with E-state index in [1.807, 2.05) is 0 Å². The molecule has 1 N–H and O–H groups in total. The van der Waals surface area contributed by atoms with E-state index in [2.05, 4.69) is 12.2 Å². The molecule has 0 aliphatic heterocycles. The quantitative estimate of drug-likeness (QED) is 0.723. The number of halogens is 2. The van der Waals surface area contributed by atoms with E-state index in [-0.39, 0.29) is 5.82 Å². The highest BCUT2D eigenvalue weighted by atomic mass is 35.5. The zero-order valence-electron chi connectivity index (χ0n) is 10.1. The van der Waals surface area contributed by atoms with Crippen molar-refractivity contribution in [1.82, 2.24) is 5.32 Å². The summed E-state index contributed by atoms with van der Waals surface area (Å²) in [7, 11) is 0. The van der Waals surface area contributed by atoms with Gasteiger partial charge in [0, 0.05) is 24.7 Å². The van der Waals surface area contributed by atoms with Gasteiger partial charge in [0.1, 0.15) is 5.82 Å². The topological polar surface area (TPSA) is 21.3 Å². The lowest BCUT2D eigenvalue weighted by atomic mass is 10.2. The molecule has 0 aliphatic rings. The molecular formula is C13H19ClFNO. The van der Waals surface area contributed by atoms with Crippen molar-refractivity contribution < 1.29 is 9.13 Å². The molecule has 0 heterocycles. The molecule has 0 aromatic heterocycles. The second kappa shape index (κ2) is 8.45. The lowest BCUT2D eigenvalue weighted by molar-refractivity contribution is 0.133. The third-order valence-electron chi connectivity index (χ3n) is 2.39. The number of nitrogens with one attached hydrogen (secondary N) is 1. The monoisotopic (exact) mass is 259 g/mol. The van der Waals surface area contributed by atoms with Crippen LogP contribution in [0, 0.1) is 5.82 Å². The lowest BCUT2D eigenvalue weighted by Crippen LogP contribution is -2.19. The van der Waals surface area contributed by atoms with Gasteiger partial charge < -0.3 is 10.1 Å². The molecule has 0 saturated carbocycles. The molecule has 0 bridgehead atoms. The first kappa shape index (κ1) is 14.4. The third kappa shape index (κ3) is 6.01. The summed E-state index contributed by atoms with van der Waals surface area (Å²) in [6.07, 6.45) is 2.24. The summed E-state index contributed by atoms with van der Waals surface area (Å²) < 4.78 is 18.3. The zero-order chi connectivity index (χ0) is 12.5. The fraction of sp³-hybridized carbons (Fsp3) is 0.538. The first-order chi connectivity index (χ1) is 8.24. The summed E-state index contributed by atoms with van der Waals surface area (Å²) in [6.45, 7) is 4.92. The van der Waals surface area contributed by atoms with Gasteiger partial charge in [-0.15, -0.1) is 0 Å². The number of rotatable bonds is 8. The van der Waals surface area contributed by atoms with Crippen molar-refractivity contribution in [2.45, 2.75) is 26.3 Å². The van der Waals surface area contributed by atoms with Crippen molar-refractivity contribution in [3.8, 4) is 0 Å². The highest BCUT2D eigenvalue weighted by molar-refractivity contribution is 6.31. The lowest BCUT2D eigenvalue weighted by Gasteiger charge is -2.07. The van der Waals surface area contributed by atoms with Crippen molar-refractivity contribution in [2.24, 2.45) is 0 Å². The van der Waals surface area contributed by atoms with Crippen LogP contribution in [0.15, 0.2) is 18.2 Å². The highest BCUT2D eigenvalue weighted by Crippen LogP contribution is 2.16. The standard InChI is InChI=1S/C13H19ClFNO/c1-2-3-7-17-8-6-16-10-11-9-12(15)4-5-13(11)14/h4-5,9,16H,2-3,6-8,10H2,1H3. The van der Waals surface area contributed by atoms with Crippen LogP contribution >= 0.6 is 11.6 Å². The molecule has 4 heteroatoms. The fourth-order valence-electron chi connectivity index (χ4n) is 1.39. The zero-order valence-corrected chi connectivity index (χ0v) is 10.9. The largest absolute Gasteiger partial charge is 0.380 e. The van der Waals surface area contributed by atoms with Gasteiger partial charge in [0.15, 0.2) is 0 Å². The average molecular weight is 260 g/mol. The van der Waals surface area contributed by atoms with Crippen LogP contribution in [0.4, 0.5) is 4.39 Å². The van der Waals surface area contributed by atoms with Crippen LogP contribution in [0.25, 0.3) is 0 Å². The van der Waals surface area contributed by atoms with E-state index >= 15 is 0 Å². The van der Waals surface area contributed by atoms with E-state index in [1.54, 1.807) is 6.07 Å². The number of benzene rings is 1. The Morgan fingerprint density at radius 2 is 2.18 bits per heavy atom. The van der Waals surface area contributed by atoms with Gasteiger partial charge in [-0.2, -0.15) is 0 Å². The molecule has 96 valence electrons. The first-order valence-electron chi connectivity index (χ1n) is 5.96. The molecule has 0 fully saturated rings. The Hall–Kier alpha value is -0.640. The van der Waals surface area contributed by atoms with Crippen LogP contribution in [0.2, 0.25) is 5.02 Å². The first-order valence-corrected chi connectivity index (χ1v) is 6.34. The highest BCUT2D eigenvalue weighted by Gasteiger charge is 2.01. The number of ether oxygens (including phenoxy) is 1. The van der Waals surface area contributed by atoms with Crippen LogP contribution in [0.1, 0.15) is 25.3 Å². The molecule has 0 unspecified atom stereocenters. The van der Waals surface area contributed by atoms with Gasteiger partial charge in [0.2, 0.25) is 0 Å². The molecule has 0 spiro atoms. The van der Waals surface area contributed by atoms with Gasteiger partial charge >= 0.3 is 0 Å². The van der Waals surface area contributed by atoms with Crippen LogP contribution in [-0.4, -0.2) is 19.8 Å². The minimum absolute atomic E-state index is 0.259. The molecule has 0 radical (unpaired) electrons. The summed E-state index contributed by atoms with van der Waals surface area (Å²) in [5, 5.41) is 3.76. The molecule has 0 saturated heterocycles. The summed E-state index contributed by atoms with van der Waals surface area (Å²) in [6, 6.07) is 4.39. The molecule has 1 aromatic rings. The van der Waals surface area contributed by atoms with Crippen molar-refractivity contribution in [2.75, 3.05) is 19.8 Å². The van der Waals surface area contributed by atoms with Crippen LogP contribution in [-0.2, 0) is 11.3 Å². The molecular weight excluding hydrogens is 241 g/mol. The van der Waals surface area contributed by atoms with E-state index in [4.69, 9.17) is 16.3 Å². The normalized spacial score (nSPS) is 10.8. The van der Waals surface area contributed by atoms with Gasteiger partial charge in [0.05, 0.1) is 6.61 Å². The minimum Gasteiger partial charge on any atom is -0.380 e. The van der Waals surface area contributed by atoms with Crippen LogP contribution < -0.4 is 5.32 Å². The SMILES string of the molecule is CCCCOCCNCc1cc(F)ccc1Cl. The number of hydrogen-bond donors (Lipinski definition) is 1. The smallest absolute Gasteiger partial charge is 0.123 e. The Labute approximate surface area is 107 Å². The Balaban J connectivity index is 2.15. The molecule has 0 atom stereocenters. The second-order valence-corrected chi connectivity index (χ2v) is 4.29. The van der Waals surface area contributed by atoms with E-state index in [0.717, 1.165) is 31.6 Å². The molecule has 2 nitrogen and oxygen atoms in total. The van der Waals surface area contributed by atoms with Gasteiger partial charge in [-0.25, -0.2) is 4.39 Å². The minimum atomic E-state index is -0.259. The maximum atomic E-state index is 13.0. The van der Waals surface area contributed by atoms with E-state index < -0.39 is 0 Å². The Bertz CT molecular complexity index is 333. The number of hydrogen-bond acceptors (Lipinski definition) is 2. The van der Waals surface area contributed by atoms with E-state index in [1.165, 1.54) is 12.1 Å². The summed E-state index contributed by atoms with van der Waals surface area (Å²) >= 11 is 5.94. The Morgan fingerprint density at radius 1 is 1.35 bits per heavy atom. The maximum absolute atomic E-state index is 13.0. The second-order valence-electron chi connectivity index (χ2n) is 3.88. The summed E-state index contributed by atoms with van der Waals surface area (Å²) in [4.78, 5) is 0. The summed E-state index contributed by atoms with van der Waals surface area (Å²) in [5.74, 6) is -0.259. The Kier molecular flexibility index (Phi) is 7.17. The van der Waals surface area contributed by atoms with E-state index in [0.29, 0.717) is 18.2 Å².